The lowest BCUT2D eigenvalue weighted by Gasteiger charge is -2.22. The molecule has 2 aromatic rings. The lowest BCUT2D eigenvalue weighted by atomic mass is 9.80. The monoisotopic (exact) mass is 372 g/mol. The molecule has 0 saturated carbocycles. The van der Waals surface area contributed by atoms with Crippen LogP contribution < -0.4 is 0 Å². The molecule has 0 bridgehead atoms. The molecule has 25 heavy (non-hydrogen) atoms. The molecule has 1 N–H and O–H groups in total. The minimum absolute atomic E-state index is 0.000511. The number of benzene rings is 2. The van der Waals surface area contributed by atoms with Crippen LogP contribution in [0, 0.1) is 0 Å². The summed E-state index contributed by atoms with van der Waals surface area (Å²) in [4.78, 5) is 25.6. The summed E-state index contributed by atoms with van der Waals surface area (Å²) in [6.07, 6.45) is 0.397. The smallest absolute Gasteiger partial charge is 0.198 e. The summed E-state index contributed by atoms with van der Waals surface area (Å²) in [7, 11) is 0. The van der Waals surface area contributed by atoms with Gasteiger partial charge in [0, 0.05) is 45.2 Å². The highest BCUT2D eigenvalue weighted by Gasteiger charge is 2.34. The predicted molar refractivity (Wildman–Crippen MR) is 98.8 cm³/mol. The van der Waals surface area contributed by atoms with Gasteiger partial charge in [-0.3, -0.25) is 9.59 Å². The van der Waals surface area contributed by atoms with E-state index in [0.717, 1.165) is 0 Å². The van der Waals surface area contributed by atoms with Crippen LogP contribution in [0.4, 0.5) is 0 Å². The van der Waals surface area contributed by atoms with E-state index >= 15 is 0 Å². The number of fused-ring (bicyclic) bond motifs is 2. The van der Waals surface area contributed by atoms with Crippen molar-refractivity contribution in [1.82, 2.24) is 0 Å². The van der Waals surface area contributed by atoms with Crippen molar-refractivity contribution in [2.75, 3.05) is 0 Å². The summed E-state index contributed by atoms with van der Waals surface area (Å²) >= 11 is 11.8. The molecule has 3 rings (SSSR count). The molecule has 0 atom stereocenters. The van der Waals surface area contributed by atoms with Crippen LogP contribution in [0.5, 0.6) is 5.75 Å². The van der Waals surface area contributed by atoms with Gasteiger partial charge in [-0.1, -0.05) is 60.6 Å². The Kier molecular flexibility index (Phi) is 4.55. The van der Waals surface area contributed by atoms with Gasteiger partial charge in [0.1, 0.15) is 5.75 Å². The van der Waals surface area contributed by atoms with Crippen molar-refractivity contribution in [2.24, 2.45) is 0 Å². The van der Waals surface area contributed by atoms with Gasteiger partial charge < -0.3 is 5.11 Å². The van der Waals surface area contributed by atoms with Crippen LogP contribution in [0.2, 0.25) is 0 Å². The van der Waals surface area contributed by atoms with E-state index in [2.05, 4.69) is 13.2 Å². The fourth-order valence-corrected chi connectivity index (χ4v) is 3.36. The first-order chi connectivity index (χ1) is 11.8. The first-order valence-corrected chi connectivity index (χ1v) is 8.29. The van der Waals surface area contributed by atoms with Crippen molar-refractivity contribution in [2.45, 2.75) is 12.8 Å². The van der Waals surface area contributed by atoms with Gasteiger partial charge in [0.2, 0.25) is 0 Å². The number of rotatable bonds is 4. The molecule has 5 heteroatoms. The number of allylic oxidation sites excluding steroid dienone is 2. The first-order valence-electron chi connectivity index (χ1n) is 7.54. The number of phenolic OH excluding ortho intramolecular Hbond substituents is 1. The number of carbonyl (C=O) groups is 2. The highest BCUT2D eigenvalue weighted by Crippen LogP contribution is 2.38. The number of hydrogen-bond donors (Lipinski definition) is 1. The lowest BCUT2D eigenvalue weighted by Crippen LogP contribution is -2.22. The van der Waals surface area contributed by atoms with Crippen LogP contribution in [0.3, 0.4) is 0 Å². The standard InChI is InChI=1S/C20H14Cl2O3/c1-10(21)7-12-9-16-17(20(25)15(12)8-11(2)22)19(24)14-6-4-3-5-13(14)18(16)23/h3-6,9,25H,1-2,7-8H2. The number of aromatic hydroxyl groups is 1. The number of carbonyl (C=O) groups excluding carboxylic acids is 2. The highest BCUT2D eigenvalue weighted by molar-refractivity contribution is 6.31. The second-order valence-electron chi connectivity index (χ2n) is 5.88. The molecule has 1 aliphatic rings. The molecule has 3 nitrogen and oxygen atoms in total. The fourth-order valence-electron chi connectivity index (χ4n) is 3.09. The largest absolute Gasteiger partial charge is 0.507 e. The Labute approximate surface area is 155 Å². The van der Waals surface area contributed by atoms with Crippen LogP contribution in [0.1, 0.15) is 43.0 Å². The maximum absolute atomic E-state index is 12.8. The molecule has 0 amide bonds. The zero-order valence-electron chi connectivity index (χ0n) is 13.2. The second kappa shape index (κ2) is 6.51. The summed E-state index contributed by atoms with van der Waals surface area (Å²) < 4.78 is 0. The molecule has 2 aromatic carbocycles. The van der Waals surface area contributed by atoms with E-state index in [1.54, 1.807) is 30.3 Å². The van der Waals surface area contributed by atoms with E-state index in [-0.39, 0.29) is 46.8 Å². The molecule has 0 fully saturated rings. The van der Waals surface area contributed by atoms with Gasteiger partial charge in [-0.15, -0.1) is 0 Å². The Hall–Kier alpha value is -2.36. The van der Waals surface area contributed by atoms with Gasteiger partial charge in [-0.05, 0) is 11.6 Å². The van der Waals surface area contributed by atoms with Crippen LogP contribution in [0.15, 0.2) is 53.6 Å². The summed E-state index contributed by atoms with van der Waals surface area (Å²) in [5.74, 6) is -0.946. The van der Waals surface area contributed by atoms with E-state index in [1.807, 2.05) is 0 Å². The van der Waals surface area contributed by atoms with Gasteiger partial charge in [-0.25, -0.2) is 0 Å². The third-order valence-electron chi connectivity index (χ3n) is 4.14. The average Bonchev–Trinajstić information content (AvgIpc) is 2.55. The van der Waals surface area contributed by atoms with Crippen molar-refractivity contribution in [3.05, 3.63) is 86.9 Å². The zero-order chi connectivity index (χ0) is 18.3. The molecule has 0 heterocycles. The molecule has 1 aliphatic carbocycles. The third-order valence-corrected chi connectivity index (χ3v) is 4.40. The van der Waals surface area contributed by atoms with Gasteiger partial charge >= 0.3 is 0 Å². The van der Waals surface area contributed by atoms with E-state index in [9.17, 15) is 14.7 Å². The van der Waals surface area contributed by atoms with Gasteiger partial charge in [0.25, 0.3) is 0 Å². The topological polar surface area (TPSA) is 54.4 Å². The normalized spacial score (nSPS) is 12.6. The van der Waals surface area contributed by atoms with E-state index in [1.165, 1.54) is 0 Å². The zero-order valence-corrected chi connectivity index (χ0v) is 14.7. The highest BCUT2D eigenvalue weighted by atomic mass is 35.5. The van der Waals surface area contributed by atoms with Gasteiger partial charge in [0.15, 0.2) is 11.6 Å². The van der Waals surface area contributed by atoms with Crippen molar-refractivity contribution >= 4 is 34.8 Å². The minimum Gasteiger partial charge on any atom is -0.507 e. The molecule has 0 spiro atoms. The van der Waals surface area contributed by atoms with Crippen LogP contribution in [-0.2, 0) is 12.8 Å². The third kappa shape index (κ3) is 3.01. The van der Waals surface area contributed by atoms with Crippen molar-refractivity contribution in [1.29, 1.82) is 0 Å². The molecule has 0 radical (unpaired) electrons. The molecule has 0 unspecified atom stereocenters. The number of halogens is 2. The Balaban J connectivity index is 2.30. The SMILES string of the molecule is C=C(Cl)Cc1cc2c(c(O)c1CC(=C)Cl)C(=O)c1ccccc1C2=O. The maximum Gasteiger partial charge on any atom is 0.198 e. The van der Waals surface area contributed by atoms with E-state index in [0.29, 0.717) is 26.8 Å². The lowest BCUT2D eigenvalue weighted by molar-refractivity contribution is 0.0976. The average molecular weight is 373 g/mol. The molecular weight excluding hydrogens is 359 g/mol. The molecule has 0 aromatic heterocycles. The minimum atomic E-state index is -0.389. The van der Waals surface area contributed by atoms with Gasteiger partial charge in [0.05, 0.1) is 5.56 Å². The van der Waals surface area contributed by atoms with E-state index < -0.39 is 0 Å². The fraction of sp³-hybridized carbons (Fsp3) is 0.100. The Morgan fingerprint density at radius 3 is 2.04 bits per heavy atom. The Bertz CT molecular complexity index is 958. The summed E-state index contributed by atoms with van der Waals surface area (Å²) in [6.45, 7) is 7.30. The number of hydrogen-bond acceptors (Lipinski definition) is 3. The first kappa shape index (κ1) is 17.5. The van der Waals surface area contributed by atoms with Crippen LogP contribution in [-0.4, -0.2) is 16.7 Å². The summed E-state index contributed by atoms with van der Waals surface area (Å²) in [5.41, 5.74) is 1.79. The van der Waals surface area contributed by atoms with Crippen molar-refractivity contribution in [3.63, 3.8) is 0 Å². The molecule has 0 saturated heterocycles. The predicted octanol–water partition coefficient (Wildman–Crippen LogP) is 4.76. The number of ketones is 2. The molecule has 0 aliphatic heterocycles. The maximum atomic E-state index is 12.8. The van der Waals surface area contributed by atoms with E-state index in [4.69, 9.17) is 23.2 Å². The molecule has 126 valence electrons. The van der Waals surface area contributed by atoms with Crippen LogP contribution >= 0.6 is 23.2 Å². The summed E-state index contributed by atoms with van der Waals surface area (Å²) in [6, 6.07) is 8.15. The Morgan fingerprint density at radius 2 is 1.48 bits per heavy atom. The molecular formula is C20H14Cl2O3. The van der Waals surface area contributed by atoms with Crippen molar-refractivity contribution in [3.8, 4) is 5.75 Å². The van der Waals surface area contributed by atoms with Crippen LogP contribution in [0.25, 0.3) is 0 Å². The number of phenols is 1. The van der Waals surface area contributed by atoms with Crippen molar-refractivity contribution < 1.29 is 14.7 Å². The quantitative estimate of drug-likeness (QED) is 0.718. The Morgan fingerprint density at radius 1 is 0.920 bits per heavy atom. The summed E-state index contributed by atoms with van der Waals surface area (Å²) in [5, 5.41) is 11.4. The van der Waals surface area contributed by atoms with Gasteiger partial charge in [-0.2, -0.15) is 0 Å². The second-order valence-corrected chi connectivity index (χ2v) is 6.95.